The molecule has 3 nitrogen and oxygen atoms in total. The standard InChI is InChI=1S/C11H19N3/c1-8-6-12-9(2)14-10(8)7-13-11(3,4)5/h6,13H,7H2,1-5H3. The van der Waals surface area contributed by atoms with Crippen molar-refractivity contribution in [1.82, 2.24) is 15.3 Å². The SMILES string of the molecule is Cc1ncc(C)c(CNC(C)(C)C)n1. The van der Waals surface area contributed by atoms with E-state index in [2.05, 4.69) is 36.1 Å². The van der Waals surface area contributed by atoms with Gasteiger partial charge in [-0.05, 0) is 40.2 Å². The molecule has 0 aliphatic rings. The molecular weight excluding hydrogens is 174 g/mol. The Kier molecular flexibility index (Phi) is 3.21. The summed E-state index contributed by atoms with van der Waals surface area (Å²) >= 11 is 0. The molecule has 0 bridgehead atoms. The molecule has 0 amide bonds. The molecular formula is C11H19N3. The monoisotopic (exact) mass is 193 g/mol. The van der Waals surface area contributed by atoms with Crippen molar-refractivity contribution in [2.75, 3.05) is 0 Å². The summed E-state index contributed by atoms with van der Waals surface area (Å²) in [6, 6.07) is 0. The predicted octanol–water partition coefficient (Wildman–Crippen LogP) is 1.98. The molecule has 1 aromatic rings. The molecule has 1 aromatic heterocycles. The Morgan fingerprint density at radius 2 is 1.93 bits per heavy atom. The molecule has 0 radical (unpaired) electrons. The first-order valence-corrected chi connectivity index (χ1v) is 4.92. The maximum absolute atomic E-state index is 4.40. The highest BCUT2D eigenvalue weighted by atomic mass is 15.0. The van der Waals surface area contributed by atoms with Crippen LogP contribution >= 0.6 is 0 Å². The zero-order chi connectivity index (χ0) is 10.8. The average molecular weight is 193 g/mol. The van der Waals surface area contributed by atoms with Crippen LogP contribution in [0.1, 0.15) is 37.9 Å². The van der Waals surface area contributed by atoms with Crippen molar-refractivity contribution in [3.05, 3.63) is 23.3 Å². The number of hydrogen-bond donors (Lipinski definition) is 1. The molecule has 0 unspecified atom stereocenters. The predicted molar refractivity (Wildman–Crippen MR) is 58.1 cm³/mol. The van der Waals surface area contributed by atoms with Gasteiger partial charge in [-0.1, -0.05) is 0 Å². The normalized spacial score (nSPS) is 11.8. The van der Waals surface area contributed by atoms with Crippen LogP contribution < -0.4 is 5.32 Å². The van der Waals surface area contributed by atoms with Gasteiger partial charge < -0.3 is 5.32 Å². The van der Waals surface area contributed by atoms with E-state index < -0.39 is 0 Å². The summed E-state index contributed by atoms with van der Waals surface area (Å²) in [5, 5.41) is 3.42. The van der Waals surface area contributed by atoms with Gasteiger partial charge in [0.1, 0.15) is 5.82 Å². The lowest BCUT2D eigenvalue weighted by molar-refractivity contribution is 0.420. The highest BCUT2D eigenvalue weighted by molar-refractivity contribution is 5.15. The summed E-state index contributed by atoms with van der Waals surface area (Å²) in [5.74, 6) is 0.835. The molecule has 14 heavy (non-hydrogen) atoms. The summed E-state index contributed by atoms with van der Waals surface area (Å²) in [6.07, 6.45) is 1.88. The van der Waals surface area contributed by atoms with E-state index in [-0.39, 0.29) is 5.54 Å². The van der Waals surface area contributed by atoms with Crippen LogP contribution in [0.3, 0.4) is 0 Å². The van der Waals surface area contributed by atoms with E-state index in [1.54, 1.807) is 0 Å². The fraction of sp³-hybridized carbons (Fsp3) is 0.636. The smallest absolute Gasteiger partial charge is 0.125 e. The van der Waals surface area contributed by atoms with Gasteiger partial charge in [0.25, 0.3) is 0 Å². The van der Waals surface area contributed by atoms with Crippen LogP contribution in [0.4, 0.5) is 0 Å². The van der Waals surface area contributed by atoms with E-state index in [0.29, 0.717) is 0 Å². The van der Waals surface area contributed by atoms with E-state index in [0.717, 1.165) is 23.6 Å². The van der Waals surface area contributed by atoms with E-state index in [4.69, 9.17) is 0 Å². The Morgan fingerprint density at radius 1 is 1.29 bits per heavy atom. The molecule has 0 fully saturated rings. The minimum atomic E-state index is 0.130. The van der Waals surface area contributed by atoms with Crippen LogP contribution in [-0.4, -0.2) is 15.5 Å². The fourth-order valence-corrected chi connectivity index (χ4v) is 1.10. The number of nitrogens with zero attached hydrogens (tertiary/aromatic N) is 2. The molecule has 0 saturated heterocycles. The fourth-order valence-electron chi connectivity index (χ4n) is 1.10. The van der Waals surface area contributed by atoms with Crippen molar-refractivity contribution >= 4 is 0 Å². The van der Waals surface area contributed by atoms with Gasteiger partial charge in [0.15, 0.2) is 0 Å². The third kappa shape index (κ3) is 3.42. The molecule has 0 atom stereocenters. The van der Waals surface area contributed by atoms with Crippen molar-refractivity contribution in [3.63, 3.8) is 0 Å². The third-order valence-electron chi connectivity index (χ3n) is 1.98. The van der Waals surface area contributed by atoms with E-state index in [1.807, 2.05) is 20.0 Å². The van der Waals surface area contributed by atoms with Crippen LogP contribution in [0.25, 0.3) is 0 Å². The van der Waals surface area contributed by atoms with Crippen molar-refractivity contribution in [2.24, 2.45) is 0 Å². The quantitative estimate of drug-likeness (QED) is 0.780. The van der Waals surface area contributed by atoms with Gasteiger partial charge in [-0.3, -0.25) is 0 Å². The number of aromatic nitrogens is 2. The van der Waals surface area contributed by atoms with Crippen LogP contribution in [0.5, 0.6) is 0 Å². The minimum absolute atomic E-state index is 0.130. The lowest BCUT2D eigenvalue weighted by Crippen LogP contribution is -2.35. The van der Waals surface area contributed by atoms with Crippen molar-refractivity contribution < 1.29 is 0 Å². The average Bonchev–Trinajstić information content (AvgIpc) is 2.05. The summed E-state index contributed by atoms with van der Waals surface area (Å²) in [7, 11) is 0. The number of rotatable bonds is 2. The molecule has 0 aliphatic heterocycles. The van der Waals surface area contributed by atoms with Gasteiger partial charge in [0.05, 0.1) is 5.69 Å². The van der Waals surface area contributed by atoms with Crippen LogP contribution in [0, 0.1) is 13.8 Å². The Labute approximate surface area is 86.0 Å². The Hall–Kier alpha value is -0.960. The van der Waals surface area contributed by atoms with Crippen LogP contribution in [-0.2, 0) is 6.54 Å². The van der Waals surface area contributed by atoms with Crippen LogP contribution in [0.2, 0.25) is 0 Å². The summed E-state index contributed by atoms with van der Waals surface area (Å²) in [5.41, 5.74) is 2.37. The molecule has 3 heteroatoms. The first-order valence-electron chi connectivity index (χ1n) is 4.92. The maximum atomic E-state index is 4.40. The topological polar surface area (TPSA) is 37.8 Å². The first kappa shape index (κ1) is 11.1. The van der Waals surface area contributed by atoms with Gasteiger partial charge >= 0.3 is 0 Å². The molecule has 1 rings (SSSR count). The Bertz CT molecular complexity index is 313. The maximum Gasteiger partial charge on any atom is 0.125 e. The van der Waals surface area contributed by atoms with Crippen molar-refractivity contribution in [1.29, 1.82) is 0 Å². The molecule has 0 saturated carbocycles. The zero-order valence-electron chi connectivity index (χ0n) is 9.68. The largest absolute Gasteiger partial charge is 0.306 e. The summed E-state index contributed by atoms with van der Waals surface area (Å²) < 4.78 is 0. The molecule has 0 aliphatic carbocycles. The lowest BCUT2D eigenvalue weighted by atomic mass is 10.1. The van der Waals surface area contributed by atoms with E-state index in [9.17, 15) is 0 Å². The lowest BCUT2D eigenvalue weighted by Gasteiger charge is -2.20. The zero-order valence-corrected chi connectivity index (χ0v) is 9.68. The number of aryl methyl sites for hydroxylation is 2. The van der Waals surface area contributed by atoms with Gasteiger partial charge in [0, 0.05) is 18.3 Å². The van der Waals surface area contributed by atoms with Crippen LogP contribution in [0.15, 0.2) is 6.20 Å². The Balaban J connectivity index is 2.72. The molecule has 1 heterocycles. The van der Waals surface area contributed by atoms with Gasteiger partial charge in [-0.15, -0.1) is 0 Å². The summed E-state index contributed by atoms with van der Waals surface area (Å²) in [4.78, 5) is 8.55. The van der Waals surface area contributed by atoms with Gasteiger partial charge in [-0.2, -0.15) is 0 Å². The molecule has 1 N–H and O–H groups in total. The number of nitrogens with one attached hydrogen (secondary N) is 1. The highest BCUT2D eigenvalue weighted by Crippen LogP contribution is 2.06. The van der Waals surface area contributed by atoms with E-state index >= 15 is 0 Å². The minimum Gasteiger partial charge on any atom is -0.306 e. The van der Waals surface area contributed by atoms with Gasteiger partial charge in [-0.25, -0.2) is 9.97 Å². The van der Waals surface area contributed by atoms with E-state index in [1.165, 1.54) is 0 Å². The molecule has 0 aromatic carbocycles. The molecule has 0 spiro atoms. The second-order valence-corrected chi connectivity index (χ2v) is 4.65. The first-order chi connectivity index (χ1) is 6.38. The number of hydrogen-bond acceptors (Lipinski definition) is 3. The second kappa shape index (κ2) is 4.05. The van der Waals surface area contributed by atoms with Crippen molar-refractivity contribution in [3.8, 4) is 0 Å². The van der Waals surface area contributed by atoms with Crippen molar-refractivity contribution in [2.45, 2.75) is 46.7 Å². The second-order valence-electron chi connectivity index (χ2n) is 4.65. The summed E-state index contributed by atoms with van der Waals surface area (Å²) in [6.45, 7) is 11.2. The molecule has 78 valence electrons. The Morgan fingerprint density at radius 3 is 2.50 bits per heavy atom. The highest BCUT2D eigenvalue weighted by Gasteiger charge is 2.10. The third-order valence-corrected chi connectivity index (χ3v) is 1.98. The van der Waals surface area contributed by atoms with Gasteiger partial charge in [0.2, 0.25) is 0 Å².